The van der Waals surface area contributed by atoms with Crippen molar-refractivity contribution in [1.82, 2.24) is 0 Å². The van der Waals surface area contributed by atoms with Gasteiger partial charge in [0, 0.05) is 0 Å². The lowest BCUT2D eigenvalue weighted by Gasteiger charge is -2.03. The van der Waals surface area contributed by atoms with Gasteiger partial charge in [-0.1, -0.05) is 12.1 Å². The zero-order valence-electron chi connectivity index (χ0n) is 7.47. The molecule has 0 aliphatic carbocycles. The van der Waals surface area contributed by atoms with Crippen LogP contribution in [-0.2, 0) is 16.7 Å². The van der Waals surface area contributed by atoms with E-state index < -0.39 is 10.3 Å². The quantitative estimate of drug-likeness (QED) is 0.635. The van der Waals surface area contributed by atoms with Crippen LogP contribution < -0.4 is 10.5 Å². The second kappa shape index (κ2) is 4.41. The smallest absolute Gasteiger partial charge is 0.330 e. The van der Waals surface area contributed by atoms with Crippen LogP contribution in [0.2, 0.25) is 0 Å². The maximum atomic E-state index is 10.4. The third-order valence-electron chi connectivity index (χ3n) is 1.63. The molecule has 0 fully saturated rings. The van der Waals surface area contributed by atoms with Gasteiger partial charge in [0.05, 0.1) is 5.69 Å². The maximum Gasteiger partial charge on any atom is 0.357 e. The Balaban J connectivity index is 2.74. The molecule has 0 saturated heterocycles. The Hall–Kier alpha value is -1.11. The Morgan fingerprint density at radius 1 is 1.29 bits per heavy atom. The lowest BCUT2D eigenvalue weighted by molar-refractivity contribution is 0.489. The molecular formula is C8H12N2O3S. The molecular weight excluding hydrogens is 204 g/mol. The van der Waals surface area contributed by atoms with Crippen molar-refractivity contribution < 1.29 is 13.0 Å². The minimum atomic E-state index is -4.18. The molecule has 0 saturated carbocycles. The molecule has 14 heavy (non-hydrogen) atoms. The molecule has 1 aromatic rings. The monoisotopic (exact) mass is 216 g/mol. The number of hydrogen-bond acceptors (Lipinski definition) is 3. The highest BCUT2D eigenvalue weighted by Gasteiger charge is 2.02. The van der Waals surface area contributed by atoms with Crippen molar-refractivity contribution in [3.05, 3.63) is 29.8 Å². The molecule has 0 aliphatic heterocycles. The van der Waals surface area contributed by atoms with Gasteiger partial charge in [0.2, 0.25) is 0 Å². The average Bonchev–Trinajstić information content (AvgIpc) is 2.06. The Kier molecular flexibility index (Phi) is 3.45. The van der Waals surface area contributed by atoms with Crippen molar-refractivity contribution in [1.29, 1.82) is 0 Å². The van der Waals surface area contributed by atoms with Gasteiger partial charge >= 0.3 is 10.3 Å². The zero-order valence-corrected chi connectivity index (χ0v) is 8.29. The molecule has 0 bridgehead atoms. The third-order valence-corrected chi connectivity index (χ3v) is 2.13. The average molecular weight is 216 g/mol. The first-order chi connectivity index (χ1) is 6.51. The van der Waals surface area contributed by atoms with E-state index in [0.29, 0.717) is 12.2 Å². The van der Waals surface area contributed by atoms with Crippen molar-refractivity contribution in [2.24, 2.45) is 5.73 Å². The summed E-state index contributed by atoms with van der Waals surface area (Å²) in [6.07, 6.45) is 0.742. The van der Waals surface area contributed by atoms with E-state index in [2.05, 4.69) is 0 Å². The summed E-state index contributed by atoms with van der Waals surface area (Å²) in [5, 5.41) is 0. The van der Waals surface area contributed by atoms with Gasteiger partial charge in [0.15, 0.2) is 0 Å². The van der Waals surface area contributed by atoms with Gasteiger partial charge in [-0.3, -0.25) is 9.27 Å². The Morgan fingerprint density at radius 2 is 1.86 bits per heavy atom. The fraction of sp³-hybridized carbons (Fsp3) is 0.250. The van der Waals surface area contributed by atoms with Gasteiger partial charge in [-0.2, -0.15) is 8.42 Å². The third kappa shape index (κ3) is 3.73. The summed E-state index contributed by atoms with van der Waals surface area (Å²) in [5.41, 5.74) is 6.70. The van der Waals surface area contributed by atoms with Crippen molar-refractivity contribution >= 4 is 16.0 Å². The van der Waals surface area contributed by atoms with Crippen LogP contribution in [0.15, 0.2) is 24.3 Å². The first-order valence-electron chi connectivity index (χ1n) is 4.05. The molecule has 5 nitrogen and oxygen atoms in total. The number of nitrogens with one attached hydrogen (secondary N) is 1. The van der Waals surface area contributed by atoms with Crippen LogP contribution in [-0.4, -0.2) is 19.5 Å². The highest BCUT2D eigenvalue weighted by Crippen LogP contribution is 2.10. The summed E-state index contributed by atoms with van der Waals surface area (Å²) in [6.45, 7) is 0.547. The topological polar surface area (TPSA) is 92.4 Å². The summed E-state index contributed by atoms with van der Waals surface area (Å²) < 4.78 is 31.3. The lowest BCUT2D eigenvalue weighted by atomic mass is 10.1. The number of nitrogens with two attached hydrogens (primary N) is 1. The van der Waals surface area contributed by atoms with Gasteiger partial charge in [0.25, 0.3) is 0 Å². The van der Waals surface area contributed by atoms with Crippen molar-refractivity contribution in [2.75, 3.05) is 11.3 Å². The highest BCUT2D eigenvalue weighted by molar-refractivity contribution is 7.87. The van der Waals surface area contributed by atoms with Crippen LogP contribution in [0.25, 0.3) is 0 Å². The zero-order chi connectivity index (χ0) is 10.6. The molecule has 0 heterocycles. The Morgan fingerprint density at radius 3 is 2.29 bits per heavy atom. The molecule has 0 aliphatic rings. The molecule has 4 N–H and O–H groups in total. The van der Waals surface area contributed by atoms with E-state index in [1.807, 2.05) is 4.72 Å². The van der Waals surface area contributed by atoms with E-state index in [-0.39, 0.29) is 0 Å². The molecule has 78 valence electrons. The standard InChI is InChI=1S/C8H12N2O3S/c9-6-5-7-1-3-8(4-2-7)10-14(11,12)13/h1-4,10H,5-6,9H2,(H,11,12,13). The van der Waals surface area contributed by atoms with E-state index in [4.69, 9.17) is 10.3 Å². The van der Waals surface area contributed by atoms with Crippen LogP contribution in [0, 0.1) is 0 Å². The maximum absolute atomic E-state index is 10.4. The van der Waals surface area contributed by atoms with Crippen LogP contribution in [0.1, 0.15) is 5.56 Å². The Bertz CT molecular complexity index is 386. The number of anilines is 1. The fourth-order valence-electron chi connectivity index (χ4n) is 1.06. The summed E-state index contributed by atoms with van der Waals surface area (Å²) >= 11 is 0. The van der Waals surface area contributed by atoms with Crippen LogP contribution in [0.4, 0.5) is 5.69 Å². The summed E-state index contributed by atoms with van der Waals surface area (Å²) in [4.78, 5) is 0. The van der Waals surface area contributed by atoms with Gasteiger partial charge in [-0.05, 0) is 30.7 Å². The largest absolute Gasteiger partial charge is 0.357 e. The second-order valence-corrected chi connectivity index (χ2v) is 3.97. The summed E-state index contributed by atoms with van der Waals surface area (Å²) in [6, 6.07) is 6.64. The SMILES string of the molecule is NCCc1ccc(NS(=O)(=O)O)cc1. The first kappa shape index (κ1) is 11.0. The molecule has 1 aromatic carbocycles. The number of rotatable bonds is 4. The molecule has 0 radical (unpaired) electrons. The minimum absolute atomic E-state index is 0.327. The van der Waals surface area contributed by atoms with Gasteiger partial charge in [-0.15, -0.1) is 0 Å². The normalized spacial score (nSPS) is 11.3. The lowest BCUT2D eigenvalue weighted by Crippen LogP contribution is -2.10. The predicted molar refractivity (Wildman–Crippen MR) is 54.4 cm³/mol. The van der Waals surface area contributed by atoms with Crippen molar-refractivity contribution in [3.63, 3.8) is 0 Å². The molecule has 0 unspecified atom stereocenters. The molecule has 0 atom stereocenters. The van der Waals surface area contributed by atoms with E-state index in [1.165, 1.54) is 0 Å². The molecule has 0 aromatic heterocycles. The first-order valence-corrected chi connectivity index (χ1v) is 5.49. The van der Waals surface area contributed by atoms with E-state index in [0.717, 1.165) is 12.0 Å². The van der Waals surface area contributed by atoms with E-state index in [9.17, 15) is 8.42 Å². The Labute approximate surface area is 82.8 Å². The van der Waals surface area contributed by atoms with Crippen molar-refractivity contribution in [3.8, 4) is 0 Å². The predicted octanol–water partition coefficient (Wildman–Crippen LogP) is 0.402. The van der Waals surface area contributed by atoms with Crippen LogP contribution >= 0.6 is 0 Å². The summed E-state index contributed by atoms with van der Waals surface area (Å²) in [5.74, 6) is 0. The van der Waals surface area contributed by atoms with Crippen LogP contribution in [0.3, 0.4) is 0 Å². The molecule has 0 spiro atoms. The second-order valence-electron chi connectivity index (χ2n) is 2.81. The van der Waals surface area contributed by atoms with Crippen LogP contribution in [0.5, 0.6) is 0 Å². The fourth-order valence-corrected chi connectivity index (χ4v) is 1.49. The van der Waals surface area contributed by atoms with E-state index >= 15 is 0 Å². The van der Waals surface area contributed by atoms with E-state index in [1.54, 1.807) is 24.3 Å². The minimum Gasteiger partial charge on any atom is -0.330 e. The van der Waals surface area contributed by atoms with Crippen molar-refractivity contribution in [2.45, 2.75) is 6.42 Å². The number of benzene rings is 1. The molecule has 0 amide bonds. The number of hydrogen-bond donors (Lipinski definition) is 3. The summed E-state index contributed by atoms with van der Waals surface area (Å²) in [7, 11) is -4.18. The van der Waals surface area contributed by atoms with Gasteiger partial charge in [-0.25, -0.2) is 0 Å². The highest BCUT2D eigenvalue weighted by atomic mass is 32.2. The van der Waals surface area contributed by atoms with Gasteiger partial charge < -0.3 is 5.73 Å². The molecule has 6 heteroatoms. The molecule has 1 rings (SSSR count). The van der Waals surface area contributed by atoms with Gasteiger partial charge in [0.1, 0.15) is 0 Å².